The zero-order chi connectivity index (χ0) is 17.4. The smallest absolute Gasteiger partial charge is 0.305 e. The molecule has 8 nitrogen and oxygen atoms in total. The van der Waals surface area contributed by atoms with Crippen molar-refractivity contribution in [3.05, 3.63) is 0 Å². The lowest BCUT2D eigenvalue weighted by molar-refractivity contribution is -0.144. The molecule has 0 saturated heterocycles. The lowest BCUT2D eigenvalue weighted by atomic mass is 10.2. The second-order valence-corrected chi connectivity index (χ2v) is 4.40. The first-order valence-corrected chi connectivity index (χ1v) is 7.10. The highest BCUT2D eigenvalue weighted by molar-refractivity contribution is 5.69. The van der Waals surface area contributed by atoms with Gasteiger partial charge in [-0.3, -0.25) is 19.2 Å². The van der Waals surface area contributed by atoms with Crippen LogP contribution >= 0.6 is 0 Å². The molecule has 0 aliphatic rings. The average molecular weight is 320 g/mol. The van der Waals surface area contributed by atoms with Crippen molar-refractivity contribution in [2.45, 2.75) is 58.3 Å². The Morgan fingerprint density at radius 2 is 1.00 bits per heavy atom. The van der Waals surface area contributed by atoms with Gasteiger partial charge in [0, 0.05) is 25.7 Å². The molecule has 0 atom stereocenters. The number of carboxylic acids is 3. The third-order valence-corrected chi connectivity index (χ3v) is 2.36. The Balaban J connectivity index is 0. The molecule has 0 unspecified atom stereocenters. The van der Waals surface area contributed by atoms with Crippen molar-refractivity contribution in [3.63, 3.8) is 0 Å². The van der Waals surface area contributed by atoms with E-state index in [1.165, 1.54) is 0 Å². The fraction of sp³-hybridized carbons (Fsp3) is 0.714. The number of aliphatic carboxylic acids is 3. The number of rotatable bonds is 11. The molecule has 0 rings (SSSR count). The van der Waals surface area contributed by atoms with E-state index in [-0.39, 0.29) is 25.2 Å². The molecule has 0 aliphatic carbocycles. The van der Waals surface area contributed by atoms with E-state index in [2.05, 4.69) is 4.74 Å². The Bertz CT molecular complexity index is 335. The number of unbranched alkanes of at least 4 members (excludes halogenated alkanes) is 2. The second kappa shape index (κ2) is 15.3. The lowest BCUT2D eigenvalue weighted by Crippen LogP contribution is -2.03. The van der Waals surface area contributed by atoms with Gasteiger partial charge in [0.1, 0.15) is 0 Å². The summed E-state index contributed by atoms with van der Waals surface area (Å²) in [6.07, 6.45) is 2.59. The Morgan fingerprint density at radius 1 is 0.682 bits per heavy atom. The molecule has 0 aromatic rings. The van der Waals surface area contributed by atoms with Crippen LogP contribution in [0.5, 0.6) is 0 Å². The monoisotopic (exact) mass is 320 g/mol. The average Bonchev–Trinajstić information content (AvgIpc) is 2.40. The first-order chi connectivity index (χ1) is 10.3. The molecule has 0 aliphatic heterocycles. The van der Waals surface area contributed by atoms with Crippen LogP contribution in [-0.2, 0) is 23.9 Å². The van der Waals surface area contributed by atoms with E-state index < -0.39 is 17.9 Å². The molecule has 0 amide bonds. The number of carboxylic acid groups (broad SMARTS) is 3. The highest BCUT2D eigenvalue weighted by atomic mass is 16.5. The van der Waals surface area contributed by atoms with E-state index in [4.69, 9.17) is 15.3 Å². The molecule has 0 saturated carbocycles. The Morgan fingerprint density at radius 3 is 1.27 bits per heavy atom. The highest BCUT2D eigenvalue weighted by Gasteiger charge is 2.02. The fourth-order valence-corrected chi connectivity index (χ4v) is 1.33. The van der Waals surface area contributed by atoms with E-state index in [0.717, 1.165) is 0 Å². The SMILES string of the molecule is CCOC(=O)CCCCC(=O)O.O=C(O)CCCCC(=O)O. The third-order valence-electron chi connectivity index (χ3n) is 2.36. The van der Waals surface area contributed by atoms with Crippen LogP contribution in [0.2, 0.25) is 0 Å². The minimum atomic E-state index is -0.870. The summed E-state index contributed by atoms with van der Waals surface area (Å²) in [7, 11) is 0. The number of hydrogen-bond donors (Lipinski definition) is 3. The van der Waals surface area contributed by atoms with E-state index in [9.17, 15) is 19.2 Å². The predicted octanol–water partition coefficient (Wildman–Crippen LogP) is 1.91. The van der Waals surface area contributed by atoms with E-state index in [0.29, 0.717) is 38.7 Å². The standard InChI is InChI=1S/C8H14O4.C6H10O4/c1-2-12-8(11)6-4-3-5-7(9)10;7-5(8)3-1-2-4-6(9)10/h2-6H2,1H3,(H,9,10);1-4H2,(H,7,8)(H,9,10). The summed E-state index contributed by atoms with van der Waals surface area (Å²) in [5, 5.41) is 24.5. The van der Waals surface area contributed by atoms with Crippen molar-refractivity contribution in [1.29, 1.82) is 0 Å². The normalized spacial score (nSPS) is 9.32. The van der Waals surface area contributed by atoms with Crippen LogP contribution in [0, 0.1) is 0 Å². The van der Waals surface area contributed by atoms with Gasteiger partial charge in [0.25, 0.3) is 0 Å². The van der Waals surface area contributed by atoms with Crippen LogP contribution in [-0.4, -0.2) is 45.8 Å². The molecule has 0 radical (unpaired) electrons. The largest absolute Gasteiger partial charge is 0.481 e. The van der Waals surface area contributed by atoms with Crippen LogP contribution in [0.15, 0.2) is 0 Å². The van der Waals surface area contributed by atoms with Gasteiger partial charge in [-0.2, -0.15) is 0 Å². The van der Waals surface area contributed by atoms with Crippen LogP contribution in [0.25, 0.3) is 0 Å². The summed E-state index contributed by atoms with van der Waals surface area (Å²) in [5.74, 6) is -2.81. The molecule has 128 valence electrons. The van der Waals surface area contributed by atoms with E-state index in [1.54, 1.807) is 6.92 Å². The van der Waals surface area contributed by atoms with Gasteiger partial charge < -0.3 is 20.1 Å². The molecule has 0 aromatic heterocycles. The first-order valence-electron chi connectivity index (χ1n) is 7.10. The quantitative estimate of drug-likeness (QED) is 0.387. The molecule has 0 heterocycles. The van der Waals surface area contributed by atoms with Gasteiger partial charge >= 0.3 is 23.9 Å². The first kappa shape index (κ1) is 22.2. The molecule has 8 heteroatoms. The number of ether oxygens (including phenoxy) is 1. The summed E-state index contributed by atoms with van der Waals surface area (Å²) in [5.41, 5.74) is 0. The van der Waals surface area contributed by atoms with Crippen molar-refractivity contribution in [1.82, 2.24) is 0 Å². The van der Waals surface area contributed by atoms with Crippen molar-refractivity contribution >= 4 is 23.9 Å². The molecule has 0 aromatic carbocycles. The maximum absolute atomic E-state index is 10.7. The topological polar surface area (TPSA) is 138 Å². The predicted molar refractivity (Wildman–Crippen MR) is 76.5 cm³/mol. The van der Waals surface area contributed by atoms with Gasteiger partial charge in [-0.1, -0.05) is 0 Å². The van der Waals surface area contributed by atoms with Gasteiger partial charge in [-0.15, -0.1) is 0 Å². The van der Waals surface area contributed by atoms with Crippen LogP contribution in [0.4, 0.5) is 0 Å². The van der Waals surface area contributed by atoms with Crippen molar-refractivity contribution in [3.8, 4) is 0 Å². The van der Waals surface area contributed by atoms with E-state index in [1.807, 2.05) is 0 Å². The minimum absolute atomic E-state index is 0.0628. The minimum Gasteiger partial charge on any atom is -0.481 e. The fourth-order valence-electron chi connectivity index (χ4n) is 1.33. The van der Waals surface area contributed by atoms with Gasteiger partial charge in [0.2, 0.25) is 0 Å². The summed E-state index contributed by atoms with van der Waals surface area (Å²) >= 11 is 0. The number of hydrogen-bond acceptors (Lipinski definition) is 5. The van der Waals surface area contributed by atoms with E-state index >= 15 is 0 Å². The molecule has 0 spiro atoms. The van der Waals surface area contributed by atoms with Gasteiger partial charge in [-0.05, 0) is 32.6 Å². The zero-order valence-corrected chi connectivity index (χ0v) is 12.7. The maximum atomic E-state index is 10.7. The van der Waals surface area contributed by atoms with Gasteiger partial charge in [0.15, 0.2) is 0 Å². The Hall–Kier alpha value is -2.12. The highest BCUT2D eigenvalue weighted by Crippen LogP contribution is 2.01. The summed E-state index contributed by atoms with van der Waals surface area (Å²) < 4.78 is 4.66. The number of carbonyl (C=O) groups is 4. The molecule has 22 heavy (non-hydrogen) atoms. The number of esters is 1. The Kier molecular flexibility index (Phi) is 15.4. The Labute approximate surface area is 129 Å². The second-order valence-electron chi connectivity index (χ2n) is 4.40. The molecular weight excluding hydrogens is 296 g/mol. The summed E-state index contributed by atoms with van der Waals surface area (Å²) in [6, 6.07) is 0. The van der Waals surface area contributed by atoms with Gasteiger partial charge in [-0.25, -0.2) is 0 Å². The van der Waals surface area contributed by atoms with Crippen LogP contribution in [0.3, 0.4) is 0 Å². The molecular formula is C14H24O8. The third kappa shape index (κ3) is 23.0. The van der Waals surface area contributed by atoms with Crippen molar-refractivity contribution in [2.24, 2.45) is 0 Å². The molecule has 3 N–H and O–H groups in total. The van der Waals surface area contributed by atoms with Crippen LogP contribution in [0.1, 0.15) is 58.3 Å². The molecule has 0 bridgehead atoms. The summed E-state index contributed by atoms with van der Waals surface area (Å²) in [4.78, 5) is 40.6. The van der Waals surface area contributed by atoms with Gasteiger partial charge in [0.05, 0.1) is 6.61 Å². The molecule has 0 fully saturated rings. The maximum Gasteiger partial charge on any atom is 0.305 e. The number of carbonyl (C=O) groups excluding carboxylic acids is 1. The summed E-state index contributed by atoms with van der Waals surface area (Å²) in [6.45, 7) is 2.13. The van der Waals surface area contributed by atoms with Crippen molar-refractivity contribution < 1.29 is 39.2 Å². The lowest BCUT2D eigenvalue weighted by Gasteiger charge is -1.99. The van der Waals surface area contributed by atoms with Crippen molar-refractivity contribution in [2.75, 3.05) is 6.61 Å². The van der Waals surface area contributed by atoms with Crippen LogP contribution < -0.4 is 0 Å². The zero-order valence-electron chi connectivity index (χ0n) is 12.7.